The molecular weight excluding hydrogens is 705 g/mol. The zero-order valence-electron chi connectivity index (χ0n) is 31.6. The second-order valence-electron chi connectivity index (χ2n) is 15.3. The third-order valence-corrected chi connectivity index (χ3v) is 12.3. The Bertz CT molecular complexity index is 3290. The number of nitrogens with zero attached hydrogens (tertiary/aromatic N) is 2. The summed E-state index contributed by atoms with van der Waals surface area (Å²) in [6.45, 7) is 0. The zero-order chi connectivity index (χ0) is 38.2. The first-order chi connectivity index (χ1) is 28.8. The summed E-state index contributed by atoms with van der Waals surface area (Å²) in [5.74, 6) is 0. The minimum absolute atomic E-state index is 0.472. The molecule has 12 rings (SSSR count). The normalized spacial score (nSPS) is 13.0. The van der Waals surface area contributed by atoms with E-state index in [1.54, 1.807) is 0 Å². The maximum atomic E-state index is 6.49. The minimum Gasteiger partial charge on any atom is -0.456 e. The van der Waals surface area contributed by atoms with Crippen LogP contribution in [-0.2, 0) is 5.41 Å². The summed E-state index contributed by atoms with van der Waals surface area (Å²) in [5.41, 5.74) is 15.6. The SMILES string of the molecule is c1ccc(-n2c3ccccc3c3ccc(N(c4ccc(C5(c6ccccc6)c6ccccc6-c6ccccc65)cc4)c4ccc5c(c4)oc4ccccc45)cc32)cc1. The van der Waals surface area contributed by atoms with Crippen molar-refractivity contribution in [3.63, 3.8) is 0 Å². The van der Waals surface area contributed by atoms with Gasteiger partial charge in [-0.1, -0.05) is 152 Å². The van der Waals surface area contributed by atoms with E-state index < -0.39 is 5.41 Å². The van der Waals surface area contributed by atoms with Gasteiger partial charge in [-0.3, -0.25) is 0 Å². The number of aromatic nitrogens is 1. The molecule has 0 amide bonds. The molecule has 0 bridgehead atoms. The van der Waals surface area contributed by atoms with E-state index in [1.807, 2.05) is 12.1 Å². The molecule has 0 unspecified atom stereocenters. The van der Waals surface area contributed by atoms with Gasteiger partial charge < -0.3 is 13.9 Å². The van der Waals surface area contributed by atoms with Crippen LogP contribution < -0.4 is 4.90 Å². The smallest absolute Gasteiger partial charge is 0.137 e. The Hall–Kier alpha value is -7.62. The summed E-state index contributed by atoms with van der Waals surface area (Å²) in [7, 11) is 0. The molecule has 0 saturated carbocycles. The summed E-state index contributed by atoms with van der Waals surface area (Å²) in [4.78, 5) is 2.37. The van der Waals surface area contributed by atoms with Crippen molar-refractivity contribution >= 4 is 60.8 Å². The lowest BCUT2D eigenvalue weighted by molar-refractivity contribution is 0.669. The van der Waals surface area contributed by atoms with Crippen LogP contribution in [0.5, 0.6) is 0 Å². The Morgan fingerprint density at radius 3 is 1.62 bits per heavy atom. The molecule has 0 saturated heterocycles. The fourth-order valence-electron chi connectivity index (χ4n) is 9.83. The minimum atomic E-state index is -0.472. The highest BCUT2D eigenvalue weighted by Crippen LogP contribution is 2.56. The Morgan fingerprint density at radius 2 is 0.879 bits per heavy atom. The Morgan fingerprint density at radius 1 is 0.362 bits per heavy atom. The van der Waals surface area contributed by atoms with Crippen LogP contribution >= 0.6 is 0 Å². The van der Waals surface area contributed by atoms with Crippen molar-refractivity contribution in [1.29, 1.82) is 0 Å². The molecule has 0 aliphatic heterocycles. The van der Waals surface area contributed by atoms with Gasteiger partial charge in [-0.15, -0.1) is 0 Å². The maximum Gasteiger partial charge on any atom is 0.137 e. The van der Waals surface area contributed by atoms with Crippen molar-refractivity contribution < 1.29 is 4.42 Å². The molecule has 272 valence electrons. The van der Waals surface area contributed by atoms with Crippen LogP contribution in [-0.4, -0.2) is 4.57 Å². The van der Waals surface area contributed by atoms with Crippen molar-refractivity contribution in [1.82, 2.24) is 4.57 Å². The molecule has 2 aromatic heterocycles. The first-order valence-corrected chi connectivity index (χ1v) is 19.9. The Labute approximate surface area is 336 Å². The van der Waals surface area contributed by atoms with Crippen LogP contribution in [0.25, 0.3) is 60.6 Å². The van der Waals surface area contributed by atoms with Gasteiger partial charge in [-0.2, -0.15) is 0 Å². The molecule has 0 atom stereocenters. The quantitative estimate of drug-likeness (QED) is 0.169. The molecular formula is C55H36N2O. The summed E-state index contributed by atoms with van der Waals surface area (Å²) in [6, 6.07) is 79.3. The second-order valence-corrected chi connectivity index (χ2v) is 15.3. The average Bonchev–Trinajstić information content (AvgIpc) is 3.93. The first kappa shape index (κ1) is 32.6. The predicted molar refractivity (Wildman–Crippen MR) is 240 cm³/mol. The zero-order valence-corrected chi connectivity index (χ0v) is 31.6. The molecule has 0 fully saturated rings. The van der Waals surface area contributed by atoms with Gasteiger partial charge in [0, 0.05) is 50.4 Å². The molecule has 9 aromatic carbocycles. The van der Waals surface area contributed by atoms with Crippen molar-refractivity contribution in [2.45, 2.75) is 5.41 Å². The van der Waals surface area contributed by atoms with Gasteiger partial charge in [0.1, 0.15) is 11.2 Å². The number of benzene rings is 9. The van der Waals surface area contributed by atoms with Gasteiger partial charge in [0.25, 0.3) is 0 Å². The van der Waals surface area contributed by atoms with Crippen LogP contribution in [0.15, 0.2) is 223 Å². The molecule has 1 aliphatic carbocycles. The van der Waals surface area contributed by atoms with Crippen molar-refractivity contribution in [3.05, 3.63) is 241 Å². The van der Waals surface area contributed by atoms with Gasteiger partial charge in [0.2, 0.25) is 0 Å². The predicted octanol–water partition coefficient (Wildman–Crippen LogP) is 14.5. The van der Waals surface area contributed by atoms with E-state index in [9.17, 15) is 0 Å². The lowest BCUT2D eigenvalue weighted by atomic mass is 9.68. The van der Waals surface area contributed by atoms with Gasteiger partial charge in [-0.05, 0) is 94.0 Å². The highest BCUT2D eigenvalue weighted by Gasteiger charge is 2.45. The first-order valence-electron chi connectivity index (χ1n) is 19.9. The molecule has 0 spiro atoms. The summed E-state index contributed by atoms with van der Waals surface area (Å²) < 4.78 is 8.87. The van der Waals surface area contributed by atoms with E-state index >= 15 is 0 Å². The van der Waals surface area contributed by atoms with E-state index in [-0.39, 0.29) is 0 Å². The molecule has 0 N–H and O–H groups in total. The summed E-state index contributed by atoms with van der Waals surface area (Å²) in [5, 5.41) is 4.68. The van der Waals surface area contributed by atoms with E-state index in [0.29, 0.717) is 0 Å². The largest absolute Gasteiger partial charge is 0.456 e. The monoisotopic (exact) mass is 740 g/mol. The van der Waals surface area contributed by atoms with E-state index in [2.05, 4.69) is 216 Å². The Balaban J connectivity index is 1.09. The number of anilines is 3. The third-order valence-electron chi connectivity index (χ3n) is 12.3. The summed E-state index contributed by atoms with van der Waals surface area (Å²) in [6.07, 6.45) is 0. The molecule has 2 heterocycles. The molecule has 3 nitrogen and oxygen atoms in total. The number of fused-ring (bicyclic) bond motifs is 9. The molecule has 11 aromatic rings. The number of hydrogen-bond acceptors (Lipinski definition) is 2. The van der Waals surface area contributed by atoms with Crippen molar-refractivity contribution in [2.24, 2.45) is 0 Å². The van der Waals surface area contributed by atoms with Crippen molar-refractivity contribution in [3.8, 4) is 16.8 Å². The number of furan rings is 1. The van der Waals surface area contributed by atoms with Crippen LogP contribution in [0.1, 0.15) is 22.3 Å². The highest BCUT2D eigenvalue weighted by molar-refractivity contribution is 6.11. The van der Waals surface area contributed by atoms with E-state index in [4.69, 9.17) is 4.42 Å². The number of hydrogen-bond donors (Lipinski definition) is 0. The lowest BCUT2D eigenvalue weighted by Gasteiger charge is -2.34. The van der Waals surface area contributed by atoms with Crippen molar-refractivity contribution in [2.75, 3.05) is 4.90 Å². The molecule has 3 heteroatoms. The lowest BCUT2D eigenvalue weighted by Crippen LogP contribution is -2.28. The fraction of sp³-hybridized carbons (Fsp3) is 0.0182. The van der Waals surface area contributed by atoms with E-state index in [0.717, 1.165) is 50.2 Å². The molecule has 1 aliphatic rings. The molecule has 0 radical (unpaired) electrons. The highest BCUT2D eigenvalue weighted by atomic mass is 16.3. The van der Waals surface area contributed by atoms with Crippen LogP contribution in [0.2, 0.25) is 0 Å². The van der Waals surface area contributed by atoms with Gasteiger partial charge in [0.15, 0.2) is 0 Å². The third kappa shape index (κ3) is 4.68. The standard InChI is InChI=1S/C55H36N2O/c1-3-15-37(16-4-1)55(49-23-11-7-19-43(49)44-20-8-12-24-50(44)55)38-27-29-40(30-28-38)56(42-32-34-48-47-22-10-14-26-53(47)58-54(48)36-42)41-31-33-46-45-21-9-13-25-51(45)57(52(46)35-41)39-17-5-2-6-18-39/h1-36H. The van der Waals surface area contributed by atoms with Gasteiger partial charge in [-0.25, -0.2) is 0 Å². The fourth-order valence-corrected chi connectivity index (χ4v) is 9.83. The number of para-hydroxylation sites is 3. The van der Waals surface area contributed by atoms with Crippen LogP contribution in [0.4, 0.5) is 17.1 Å². The second kappa shape index (κ2) is 12.7. The average molecular weight is 741 g/mol. The van der Waals surface area contributed by atoms with Gasteiger partial charge >= 0.3 is 0 Å². The molecule has 58 heavy (non-hydrogen) atoms. The van der Waals surface area contributed by atoms with E-state index in [1.165, 1.54) is 49.7 Å². The van der Waals surface area contributed by atoms with Gasteiger partial charge in [0.05, 0.1) is 16.4 Å². The van der Waals surface area contributed by atoms with Crippen LogP contribution in [0.3, 0.4) is 0 Å². The summed E-state index contributed by atoms with van der Waals surface area (Å²) >= 11 is 0. The maximum absolute atomic E-state index is 6.49. The Kier molecular flexibility index (Phi) is 7.14. The topological polar surface area (TPSA) is 21.3 Å². The number of rotatable bonds is 6. The van der Waals surface area contributed by atoms with Crippen LogP contribution in [0, 0.1) is 0 Å².